The number of hydrogen-bond donors (Lipinski definition) is 1. The highest BCUT2D eigenvalue weighted by molar-refractivity contribution is 6.06. The predicted molar refractivity (Wildman–Crippen MR) is 104 cm³/mol. The molecule has 0 saturated heterocycles. The van der Waals surface area contributed by atoms with Gasteiger partial charge in [0.15, 0.2) is 0 Å². The number of amides is 1. The van der Waals surface area contributed by atoms with Gasteiger partial charge in [0.25, 0.3) is 11.6 Å². The molecular formula is C20H20N2O7. The predicted octanol–water partition coefficient (Wildman–Crippen LogP) is 3.51. The molecule has 0 aromatic heterocycles. The Morgan fingerprint density at radius 2 is 1.48 bits per heavy atom. The summed E-state index contributed by atoms with van der Waals surface area (Å²) in [5.41, 5.74) is 0.545. The van der Waals surface area contributed by atoms with E-state index in [2.05, 4.69) is 5.32 Å². The molecule has 29 heavy (non-hydrogen) atoms. The smallest absolute Gasteiger partial charge is 0.338 e. The van der Waals surface area contributed by atoms with Crippen molar-refractivity contribution in [1.29, 1.82) is 0 Å². The number of nitrogens with zero attached hydrogens (tertiary/aromatic N) is 1. The molecule has 0 bridgehead atoms. The maximum absolute atomic E-state index is 12.5. The van der Waals surface area contributed by atoms with Crippen molar-refractivity contribution in [1.82, 2.24) is 0 Å². The summed E-state index contributed by atoms with van der Waals surface area (Å²) in [7, 11) is 0. The van der Waals surface area contributed by atoms with Crippen molar-refractivity contribution in [3.8, 4) is 0 Å². The number of ether oxygens (including phenoxy) is 2. The van der Waals surface area contributed by atoms with Gasteiger partial charge in [0, 0.05) is 22.9 Å². The van der Waals surface area contributed by atoms with Gasteiger partial charge < -0.3 is 14.8 Å². The van der Waals surface area contributed by atoms with E-state index in [4.69, 9.17) is 9.47 Å². The first kappa shape index (κ1) is 21.5. The molecule has 2 aromatic rings. The van der Waals surface area contributed by atoms with Crippen molar-refractivity contribution in [3.63, 3.8) is 0 Å². The number of benzene rings is 2. The number of esters is 2. The van der Waals surface area contributed by atoms with Crippen molar-refractivity contribution in [2.45, 2.75) is 20.8 Å². The van der Waals surface area contributed by atoms with E-state index in [0.717, 1.165) is 6.07 Å². The molecule has 0 radical (unpaired) electrons. The fourth-order valence-electron chi connectivity index (χ4n) is 2.51. The van der Waals surface area contributed by atoms with Crippen LogP contribution in [-0.2, 0) is 9.47 Å². The molecule has 0 aliphatic carbocycles. The van der Waals surface area contributed by atoms with E-state index in [-0.39, 0.29) is 41.3 Å². The summed E-state index contributed by atoms with van der Waals surface area (Å²) in [4.78, 5) is 47.2. The monoisotopic (exact) mass is 400 g/mol. The van der Waals surface area contributed by atoms with Crippen molar-refractivity contribution in [2.24, 2.45) is 0 Å². The summed E-state index contributed by atoms with van der Waals surface area (Å²) in [5.74, 6) is -1.97. The van der Waals surface area contributed by atoms with E-state index in [1.807, 2.05) is 0 Å². The molecule has 0 unspecified atom stereocenters. The fourth-order valence-corrected chi connectivity index (χ4v) is 2.51. The lowest BCUT2D eigenvalue weighted by molar-refractivity contribution is -0.385. The van der Waals surface area contributed by atoms with Crippen molar-refractivity contribution >= 4 is 29.2 Å². The fraction of sp³-hybridized carbons (Fsp3) is 0.250. The molecule has 0 saturated carbocycles. The molecule has 1 N–H and O–H groups in total. The lowest BCUT2D eigenvalue weighted by Gasteiger charge is -2.11. The minimum atomic E-state index is -0.667. The van der Waals surface area contributed by atoms with Gasteiger partial charge in [-0.15, -0.1) is 0 Å². The molecule has 9 heteroatoms. The number of nitrogens with one attached hydrogen (secondary N) is 1. The second kappa shape index (κ2) is 9.45. The molecule has 2 rings (SSSR count). The molecule has 0 spiro atoms. The van der Waals surface area contributed by atoms with Gasteiger partial charge in [-0.25, -0.2) is 9.59 Å². The van der Waals surface area contributed by atoms with Crippen LogP contribution in [0.2, 0.25) is 0 Å². The van der Waals surface area contributed by atoms with Crippen LogP contribution in [0.4, 0.5) is 11.4 Å². The van der Waals surface area contributed by atoms with Crippen LogP contribution >= 0.6 is 0 Å². The van der Waals surface area contributed by atoms with Crippen LogP contribution in [0.5, 0.6) is 0 Å². The summed E-state index contributed by atoms with van der Waals surface area (Å²) in [5, 5.41) is 13.6. The Balaban J connectivity index is 2.38. The SMILES string of the molecule is CCOC(=O)c1cc(NC(=O)c2ccc(C)c([N+](=O)[O-])c2)cc(C(=O)OCC)c1. The molecule has 0 atom stereocenters. The van der Waals surface area contributed by atoms with Crippen LogP contribution in [0.3, 0.4) is 0 Å². The van der Waals surface area contributed by atoms with E-state index in [1.54, 1.807) is 20.8 Å². The number of hydrogen-bond acceptors (Lipinski definition) is 7. The summed E-state index contributed by atoms with van der Waals surface area (Å²) >= 11 is 0. The number of aryl methyl sites for hydroxylation is 1. The summed E-state index contributed by atoms with van der Waals surface area (Å²) in [6.45, 7) is 5.11. The van der Waals surface area contributed by atoms with Crippen LogP contribution in [-0.4, -0.2) is 36.0 Å². The van der Waals surface area contributed by atoms with E-state index < -0.39 is 22.8 Å². The van der Waals surface area contributed by atoms with Gasteiger partial charge in [0.1, 0.15) is 0 Å². The highest BCUT2D eigenvalue weighted by atomic mass is 16.6. The first-order valence-electron chi connectivity index (χ1n) is 8.82. The maximum Gasteiger partial charge on any atom is 0.338 e. The van der Waals surface area contributed by atoms with E-state index in [1.165, 1.54) is 30.3 Å². The van der Waals surface area contributed by atoms with Crippen LogP contribution in [0.25, 0.3) is 0 Å². The Morgan fingerprint density at radius 1 is 0.931 bits per heavy atom. The van der Waals surface area contributed by atoms with Crippen LogP contribution in [0.1, 0.15) is 50.5 Å². The highest BCUT2D eigenvalue weighted by Gasteiger charge is 2.18. The molecular weight excluding hydrogens is 380 g/mol. The third kappa shape index (κ3) is 5.38. The number of carbonyl (C=O) groups is 3. The molecule has 1 amide bonds. The number of rotatable bonds is 7. The van der Waals surface area contributed by atoms with Gasteiger partial charge in [-0.05, 0) is 45.0 Å². The zero-order chi connectivity index (χ0) is 21.6. The van der Waals surface area contributed by atoms with E-state index in [0.29, 0.717) is 5.56 Å². The third-order valence-corrected chi connectivity index (χ3v) is 3.88. The Hall–Kier alpha value is -3.75. The Morgan fingerprint density at radius 3 is 1.97 bits per heavy atom. The van der Waals surface area contributed by atoms with E-state index >= 15 is 0 Å². The first-order valence-corrected chi connectivity index (χ1v) is 8.82. The number of anilines is 1. The van der Waals surface area contributed by atoms with Crippen LogP contribution < -0.4 is 5.32 Å². The topological polar surface area (TPSA) is 125 Å². The van der Waals surface area contributed by atoms with Gasteiger partial charge in [-0.1, -0.05) is 6.07 Å². The molecule has 0 aliphatic heterocycles. The summed E-state index contributed by atoms with van der Waals surface area (Å²) < 4.78 is 9.89. The quantitative estimate of drug-likeness (QED) is 0.428. The molecule has 0 fully saturated rings. The Labute approximate surface area is 166 Å². The van der Waals surface area contributed by atoms with Crippen molar-refractivity contribution in [3.05, 3.63) is 68.8 Å². The minimum absolute atomic E-state index is 0.0570. The molecule has 9 nitrogen and oxygen atoms in total. The molecule has 0 aliphatic rings. The van der Waals surface area contributed by atoms with Crippen molar-refractivity contribution < 1.29 is 28.8 Å². The zero-order valence-corrected chi connectivity index (χ0v) is 16.2. The van der Waals surface area contributed by atoms with Gasteiger partial charge in [-0.3, -0.25) is 14.9 Å². The van der Waals surface area contributed by atoms with Crippen LogP contribution in [0.15, 0.2) is 36.4 Å². The number of carbonyl (C=O) groups excluding carboxylic acids is 3. The highest BCUT2D eigenvalue weighted by Crippen LogP contribution is 2.22. The van der Waals surface area contributed by atoms with Crippen molar-refractivity contribution in [2.75, 3.05) is 18.5 Å². The maximum atomic E-state index is 12.5. The molecule has 152 valence electrons. The second-order valence-corrected chi connectivity index (χ2v) is 5.95. The van der Waals surface area contributed by atoms with Crippen LogP contribution in [0, 0.1) is 17.0 Å². The van der Waals surface area contributed by atoms with E-state index in [9.17, 15) is 24.5 Å². The molecule has 0 heterocycles. The normalized spacial score (nSPS) is 10.2. The Bertz CT molecular complexity index is 933. The minimum Gasteiger partial charge on any atom is -0.462 e. The van der Waals surface area contributed by atoms with Gasteiger partial charge in [0.2, 0.25) is 0 Å². The second-order valence-electron chi connectivity index (χ2n) is 5.95. The Kier molecular flexibility index (Phi) is 7.02. The van der Waals surface area contributed by atoms with Gasteiger partial charge >= 0.3 is 11.9 Å². The van der Waals surface area contributed by atoms with Gasteiger partial charge in [0.05, 0.1) is 29.3 Å². The standard InChI is InChI=1S/C20H20N2O7/c1-4-28-19(24)14-8-15(20(25)29-5-2)10-16(9-14)21-18(23)13-7-6-12(3)17(11-13)22(26)27/h6-11H,4-5H2,1-3H3,(H,21,23). The lowest BCUT2D eigenvalue weighted by Crippen LogP contribution is -2.15. The number of nitro groups is 1. The average Bonchev–Trinajstić information content (AvgIpc) is 2.68. The largest absolute Gasteiger partial charge is 0.462 e. The number of nitro benzene ring substituents is 1. The molecule has 2 aromatic carbocycles. The first-order chi connectivity index (χ1) is 13.8. The lowest BCUT2D eigenvalue weighted by atomic mass is 10.1. The summed E-state index contributed by atoms with van der Waals surface area (Å²) in [6.07, 6.45) is 0. The van der Waals surface area contributed by atoms with Gasteiger partial charge in [-0.2, -0.15) is 0 Å². The summed E-state index contributed by atoms with van der Waals surface area (Å²) in [6, 6.07) is 8.07. The third-order valence-electron chi connectivity index (χ3n) is 3.88. The zero-order valence-electron chi connectivity index (χ0n) is 16.2. The average molecular weight is 400 g/mol.